The summed E-state index contributed by atoms with van der Waals surface area (Å²) in [7, 11) is 0. The van der Waals surface area contributed by atoms with Crippen molar-refractivity contribution in [1.82, 2.24) is 0 Å². The predicted octanol–water partition coefficient (Wildman–Crippen LogP) is 11.7. The summed E-state index contributed by atoms with van der Waals surface area (Å²) >= 11 is 0. The molecule has 1 unspecified atom stereocenters. The number of ether oxygens (including phenoxy) is 1. The largest absolute Gasteiger partial charge is 0.481 e. The molecule has 0 bridgehead atoms. The van der Waals surface area contributed by atoms with Crippen molar-refractivity contribution in [1.29, 1.82) is 0 Å². The molecular weight excluding hydrogens is 484 g/mol. The molecule has 0 saturated heterocycles. The number of rotatable bonds is 32. The standard InChI is InChI=1S/C35H68O4/c1-3-5-7-9-10-11-12-13-18-21-24-28-32-35(38)39-33(29-25-8-6-4-2)30-26-22-19-16-14-15-17-20-23-27-31-34(36)37/h33H,3-32H2,1-2H3,(H,36,37). The molecule has 0 aromatic carbocycles. The maximum atomic E-state index is 12.5. The Morgan fingerprint density at radius 2 is 0.769 bits per heavy atom. The molecule has 0 saturated carbocycles. The minimum atomic E-state index is -0.674. The van der Waals surface area contributed by atoms with Crippen LogP contribution in [-0.2, 0) is 14.3 Å². The first kappa shape index (κ1) is 37.9. The lowest BCUT2D eigenvalue weighted by Gasteiger charge is -2.18. The molecular formula is C35H68O4. The van der Waals surface area contributed by atoms with Crippen LogP contribution in [0.4, 0.5) is 0 Å². The number of carboxylic acids is 1. The van der Waals surface area contributed by atoms with Gasteiger partial charge in [0.2, 0.25) is 0 Å². The first-order valence-electron chi connectivity index (χ1n) is 17.5. The molecule has 4 heteroatoms. The molecule has 4 nitrogen and oxygen atoms in total. The van der Waals surface area contributed by atoms with E-state index >= 15 is 0 Å². The fourth-order valence-electron chi connectivity index (χ4n) is 5.48. The monoisotopic (exact) mass is 553 g/mol. The second-order valence-corrected chi connectivity index (χ2v) is 12.1. The van der Waals surface area contributed by atoms with Crippen molar-refractivity contribution in [2.45, 2.75) is 213 Å². The lowest BCUT2D eigenvalue weighted by Crippen LogP contribution is -2.18. The molecule has 1 N–H and O–H groups in total. The van der Waals surface area contributed by atoms with Crippen LogP contribution in [0.3, 0.4) is 0 Å². The molecule has 0 fully saturated rings. The highest BCUT2D eigenvalue weighted by Crippen LogP contribution is 2.19. The van der Waals surface area contributed by atoms with Crippen LogP contribution in [0.1, 0.15) is 206 Å². The summed E-state index contributed by atoms with van der Waals surface area (Å²) in [4.78, 5) is 23.0. The Hall–Kier alpha value is -1.06. The third kappa shape index (κ3) is 31.3. The summed E-state index contributed by atoms with van der Waals surface area (Å²) in [5.41, 5.74) is 0. The van der Waals surface area contributed by atoms with Crippen LogP contribution in [0.25, 0.3) is 0 Å². The van der Waals surface area contributed by atoms with Gasteiger partial charge in [0.25, 0.3) is 0 Å². The zero-order chi connectivity index (χ0) is 28.7. The lowest BCUT2D eigenvalue weighted by atomic mass is 10.0. The van der Waals surface area contributed by atoms with Crippen molar-refractivity contribution in [3.8, 4) is 0 Å². The van der Waals surface area contributed by atoms with Gasteiger partial charge in [0.1, 0.15) is 6.10 Å². The minimum Gasteiger partial charge on any atom is -0.481 e. The second kappa shape index (κ2) is 31.5. The Morgan fingerprint density at radius 3 is 1.15 bits per heavy atom. The molecule has 0 radical (unpaired) electrons. The Kier molecular flexibility index (Phi) is 30.6. The number of esters is 1. The first-order valence-corrected chi connectivity index (χ1v) is 17.5. The Labute approximate surface area is 243 Å². The highest BCUT2D eigenvalue weighted by Gasteiger charge is 2.14. The van der Waals surface area contributed by atoms with E-state index in [0.29, 0.717) is 12.8 Å². The number of carbonyl (C=O) groups excluding carboxylic acids is 1. The van der Waals surface area contributed by atoms with E-state index in [4.69, 9.17) is 9.84 Å². The van der Waals surface area contributed by atoms with Crippen LogP contribution >= 0.6 is 0 Å². The molecule has 232 valence electrons. The summed E-state index contributed by atoms with van der Waals surface area (Å²) < 4.78 is 5.96. The van der Waals surface area contributed by atoms with Crippen LogP contribution in [0.2, 0.25) is 0 Å². The average Bonchev–Trinajstić information content (AvgIpc) is 2.91. The van der Waals surface area contributed by atoms with E-state index in [1.807, 2.05) is 0 Å². The molecule has 0 aromatic heterocycles. The molecule has 0 aliphatic heterocycles. The van der Waals surface area contributed by atoms with Crippen LogP contribution in [0.5, 0.6) is 0 Å². The fraction of sp³-hybridized carbons (Fsp3) is 0.943. The SMILES string of the molecule is CCCCCCCCCCCCCCC(=O)OC(CCCCCC)CCCCCCCCCCCCC(=O)O. The van der Waals surface area contributed by atoms with Gasteiger partial charge >= 0.3 is 11.9 Å². The maximum Gasteiger partial charge on any atom is 0.306 e. The number of hydrogen-bond donors (Lipinski definition) is 1. The summed E-state index contributed by atoms with van der Waals surface area (Å²) in [6.45, 7) is 4.52. The lowest BCUT2D eigenvalue weighted by molar-refractivity contribution is -0.150. The van der Waals surface area contributed by atoms with E-state index < -0.39 is 5.97 Å². The summed E-state index contributed by atoms with van der Waals surface area (Å²) in [5, 5.41) is 8.68. The van der Waals surface area contributed by atoms with Crippen molar-refractivity contribution in [2.75, 3.05) is 0 Å². The van der Waals surface area contributed by atoms with Gasteiger partial charge in [0, 0.05) is 12.8 Å². The summed E-state index contributed by atoms with van der Waals surface area (Å²) in [5.74, 6) is -0.640. The van der Waals surface area contributed by atoms with Crippen LogP contribution < -0.4 is 0 Å². The highest BCUT2D eigenvalue weighted by atomic mass is 16.5. The van der Waals surface area contributed by atoms with Gasteiger partial charge in [-0.3, -0.25) is 9.59 Å². The van der Waals surface area contributed by atoms with Gasteiger partial charge in [-0.05, 0) is 38.5 Å². The van der Waals surface area contributed by atoms with E-state index in [1.165, 1.54) is 135 Å². The predicted molar refractivity (Wildman–Crippen MR) is 167 cm³/mol. The van der Waals surface area contributed by atoms with Gasteiger partial charge in [0.05, 0.1) is 0 Å². The van der Waals surface area contributed by atoms with E-state index in [0.717, 1.165) is 44.9 Å². The van der Waals surface area contributed by atoms with Crippen LogP contribution in [0, 0.1) is 0 Å². The Balaban J connectivity index is 3.81. The number of carboxylic acid groups (broad SMARTS) is 1. The molecule has 0 rings (SSSR count). The minimum absolute atomic E-state index is 0.0333. The summed E-state index contributed by atoms with van der Waals surface area (Å²) in [6.07, 6.45) is 35.6. The smallest absolute Gasteiger partial charge is 0.306 e. The number of carbonyl (C=O) groups is 2. The average molecular weight is 553 g/mol. The van der Waals surface area contributed by atoms with Gasteiger partial charge in [-0.15, -0.1) is 0 Å². The van der Waals surface area contributed by atoms with Crippen molar-refractivity contribution in [2.24, 2.45) is 0 Å². The summed E-state index contributed by atoms with van der Waals surface area (Å²) in [6, 6.07) is 0. The highest BCUT2D eigenvalue weighted by molar-refractivity contribution is 5.69. The second-order valence-electron chi connectivity index (χ2n) is 12.1. The maximum absolute atomic E-state index is 12.5. The normalized spacial score (nSPS) is 12.1. The molecule has 0 amide bonds. The zero-order valence-corrected chi connectivity index (χ0v) is 26.5. The first-order chi connectivity index (χ1) is 19.1. The topological polar surface area (TPSA) is 63.6 Å². The van der Waals surface area contributed by atoms with Gasteiger partial charge < -0.3 is 9.84 Å². The van der Waals surface area contributed by atoms with Gasteiger partial charge in [-0.2, -0.15) is 0 Å². The molecule has 1 atom stereocenters. The molecule has 0 heterocycles. The third-order valence-corrected chi connectivity index (χ3v) is 8.08. The molecule has 0 aliphatic carbocycles. The van der Waals surface area contributed by atoms with Crippen LogP contribution in [-0.4, -0.2) is 23.1 Å². The number of unbranched alkanes of at least 4 members (excludes halogenated alkanes) is 23. The third-order valence-electron chi connectivity index (χ3n) is 8.08. The van der Waals surface area contributed by atoms with E-state index in [2.05, 4.69) is 13.8 Å². The van der Waals surface area contributed by atoms with Gasteiger partial charge in [-0.1, -0.05) is 155 Å². The van der Waals surface area contributed by atoms with Crippen molar-refractivity contribution >= 4 is 11.9 Å². The number of hydrogen-bond acceptors (Lipinski definition) is 3. The quantitative estimate of drug-likeness (QED) is 0.0665. The van der Waals surface area contributed by atoms with E-state index in [-0.39, 0.29) is 12.1 Å². The molecule has 39 heavy (non-hydrogen) atoms. The Morgan fingerprint density at radius 1 is 0.462 bits per heavy atom. The van der Waals surface area contributed by atoms with Gasteiger partial charge in [0.15, 0.2) is 0 Å². The number of aliphatic carboxylic acids is 1. The fourth-order valence-corrected chi connectivity index (χ4v) is 5.48. The van der Waals surface area contributed by atoms with Crippen molar-refractivity contribution in [3.63, 3.8) is 0 Å². The van der Waals surface area contributed by atoms with Crippen LogP contribution in [0.15, 0.2) is 0 Å². The van der Waals surface area contributed by atoms with E-state index in [1.54, 1.807) is 0 Å². The van der Waals surface area contributed by atoms with E-state index in [9.17, 15) is 9.59 Å². The van der Waals surface area contributed by atoms with Crippen molar-refractivity contribution in [3.05, 3.63) is 0 Å². The molecule has 0 aromatic rings. The molecule has 0 aliphatic rings. The van der Waals surface area contributed by atoms with Crippen molar-refractivity contribution < 1.29 is 19.4 Å². The zero-order valence-electron chi connectivity index (χ0n) is 26.5. The van der Waals surface area contributed by atoms with Gasteiger partial charge in [-0.25, -0.2) is 0 Å². The molecule has 0 spiro atoms. The Bertz CT molecular complexity index is 519.